The number of hydrogen-bond acceptors (Lipinski definition) is 6. The van der Waals surface area contributed by atoms with Crippen LogP contribution < -0.4 is 15.5 Å². The van der Waals surface area contributed by atoms with Crippen LogP contribution in [0.25, 0.3) is 0 Å². The van der Waals surface area contributed by atoms with E-state index in [1.54, 1.807) is 29.4 Å². The summed E-state index contributed by atoms with van der Waals surface area (Å²) in [5, 5.41) is 12.0. The van der Waals surface area contributed by atoms with E-state index in [0.717, 1.165) is 11.3 Å². The summed E-state index contributed by atoms with van der Waals surface area (Å²) in [4.78, 5) is 25.8. The van der Waals surface area contributed by atoms with Gasteiger partial charge in [-0.15, -0.1) is 0 Å². The summed E-state index contributed by atoms with van der Waals surface area (Å²) in [6.45, 7) is 3.43. The Hall–Kier alpha value is -3.10. The van der Waals surface area contributed by atoms with E-state index in [4.69, 9.17) is 14.7 Å². The minimum Gasteiger partial charge on any atom is -0.492 e. The molecule has 2 aromatic carbocycles. The minimum atomic E-state index is -0.753. The fourth-order valence-electron chi connectivity index (χ4n) is 3.14. The predicted octanol–water partition coefficient (Wildman–Crippen LogP) is 2.04. The highest BCUT2D eigenvalue weighted by Gasteiger charge is 2.23. The molecule has 1 aliphatic heterocycles. The maximum absolute atomic E-state index is 12.5. The number of nitrogens with one attached hydrogen (secondary N) is 2. The molecular formula is C21H25N3O5. The molecule has 2 amide bonds. The summed E-state index contributed by atoms with van der Waals surface area (Å²) in [7, 11) is 0. The van der Waals surface area contributed by atoms with E-state index in [1.165, 1.54) is 0 Å². The molecule has 0 saturated carbocycles. The van der Waals surface area contributed by atoms with Gasteiger partial charge in [0, 0.05) is 18.7 Å². The van der Waals surface area contributed by atoms with Gasteiger partial charge in [-0.2, -0.15) is 0 Å². The van der Waals surface area contributed by atoms with Gasteiger partial charge in [-0.25, -0.2) is 5.48 Å². The molecule has 2 aromatic rings. The maximum Gasteiger partial charge on any atom is 0.272 e. The number of rotatable bonds is 9. The molecule has 8 heteroatoms. The van der Waals surface area contributed by atoms with Crippen molar-refractivity contribution in [3.05, 3.63) is 59.7 Å². The lowest BCUT2D eigenvalue weighted by Crippen LogP contribution is -2.42. The van der Waals surface area contributed by atoms with Crippen molar-refractivity contribution in [1.29, 1.82) is 0 Å². The molecule has 1 atom stereocenters. The lowest BCUT2D eigenvalue weighted by Gasteiger charge is -2.29. The third-order valence-electron chi connectivity index (χ3n) is 4.65. The molecule has 0 fully saturated rings. The van der Waals surface area contributed by atoms with Crippen molar-refractivity contribution in [2.24, 2.45) is 0 Å². The monoisotopic (exact) mass is 399 g/mol. The second-order valence-electron chi connectivity index (χ2n) is 6.57. The SMILES string of the molecule is CCOC(Cc1ccc(OCCN2CNc3ccccc3C2=O)cc1)C(=O)NO. The van der Waals surface area contributed by atoms with Gasteiger partial charge in [-0.05, 0) is 36.8 Å². The molecular weight excluding hydrogens is 374 g/mol. The van der Waals surface area contributed by atoms with Gasteiger partial charge in [0.2, 0.25) is 0 Å². The third-order valence-corrected chi connectivity index (χ3v) is 4.65. The van der Waals surface area contributed by atoms with Crippen molar-refractivity contribution < 1.29 is 24.3 Å². The summed E-state index contributed by atoms with van der Waals surface area (Å²) in [5.74, 6) is 0.0853. The second kappa shape index (κ2) is 9.90. The molecule has 29 heavy (non-hydrogen) atoms. The number of amides is 2. The number of hydrogen-bond donors (Lipinski definition) is 3. The fraction of sp³-hybridized carbons (Fsp3) is 0.333. The largest absolute Gasteiger partial charge is 0.492 e. The zero-order valence-electron chi connectivity index (χ0n) is 16.3. The highest BCUT2D eigenvalue weighted by Crippen LogP contribution is 2.21. The summed E-state index contributed by atoms with van der Waals surface area (Å²) in [6.07, 6.45) is -0.411. The van der Waals surface area contributed by atoms with Gasteiger partial charge in [0.1, 0.15) is 18.5 Å². The van der Waals surface area contributed by atoms with Gasteiger partial charge in [-0.1, -0.05) is 24.3 Å². The molecule has 3 N–H and O–H groups in total. The van der Waals surface area contributed by atoms with Crippen molar-refractivity contribution in [3.8, 4) is 5.75 Å². The van der Waals surface area contributed by atoms with Crippen LogP contribution in [0.2, 0.25) is 0 Å². The van der Waals surface area contributed by atoms with Gasteiger partial charge < -0.3 is 19.7 Å². The molecule has 0 bridgehead atoms. The number of carbonyl (C=O) groups is 2. The first-order chi connectivity index (χ1) is 14.1. The van der Waals surface area contributed by atoms with E-state index in [9.17, 15) is 9.59 Å². The van der Waals surface area contributed by atoms with E-state index < -0.39 is 12.0 Å². The number of carbonyl (C=O) groups excluding carboxylic acids is 2. The number of anilines is 1. The second-order valence-corrected chi connectivity index (χ2v) is 6.57. The van der Waals surface area contributed by atoms with Crippen LogP contribution >= 0.6 is 0 Å². The zero-order chi connectivity index (χ0) is 20.6. The molecule has 0 aliphatic carbocycles. The van der Waals surface area contributed by atoms with Crippen molar-refractivity contribution in [2.45, 2.75) is 19.4 Å². The van der Waals surface area contributed by atoms with Crippen LogP contribution in [-0.4, -0.2) is 54.5 Å². The van der Waals surface area contributed by atoms with Crippen LogP contribution in [0.4, 0.5) is 5.69 Å². The van der Waals surface area contributed by atoms with Crippen molar-refractivity contribution in [2.75, 3.05) is 31.7 Å². The molecule has 3 rings (SSSR count). The first kappa shape index (κ1) is 20.6. The first-order valence-corrected chi connectivity index (χ1v) is 9.51. The normalized spacial score (nSPS) is 14.0. The Balaban J connectivity index is 1.49. The van der Waals surface area contributed by atoms with Crippen LogP contribution in [0.3, 0.4) is 0 Å². The molecule has 0 radical (unpaired) electrons. The highest BCUT2D eigenvalue weighted by molar-refractivity contribution is 6.01. The number of benzene rings is 2. The Bertz CT molecular complexity index is 840. The predicted molar refractivity (Wildman–Crippen MR) is 107 cm³/mol. The quantitative estimate of drug-likeness (QED) is 0.441. The summed E-state index contributed by atoms with van der Waals surface area (Å²) in [5.41, 5.74) is 4.02. The molecule has 1 heterocycles. The first-order valence-electron chi connectivity index (χ1n) is 9.51. The van der Waals surface area contributed by atoms with Crippen LogP contribution in [0.15, 0.2) is 48.5 Å². The average Bonchev–Trinajstić information content (AvgIpc) is 2.76. The Morgan fingerprint density at radius 1 is 1.24 bits per heavy atom. The molecule has 0 saturated heterocycles. The minimum absolute atomic E-state index is 0.0116. The number of ether oxygens (including phenoxy) is 2. The van der Waals surface area contributed by atoms with E-state index in [0.29, 0.717) is 44.2 Å². The van der Waals surface area contributed by atoms with E-state index >= 15 is 0 Å². The smallest absolute Gasteiger partial charge is 0.272 e. The lowest BCUT2D eigenvalue weighted by atomic mass is 10.1. The number of para-hydroxylation sites is 1. The Kier molecular flexibility index (Phi) is 7.04. The van der Waals surface area contributed by atoms with Gasteiger partial charge >= 0.3 is 0 Å². The van der Waals surface area contributed by atoms with Crippen molar-refractivity contribution in [1.82, 2.24) is 10.4 Å². The fourth-order valence-corrected chi connectivity index (χ4v) is 3.14. The van der Waals surface area contributed by atoms with E-state index in [-0.39, 0.29) is 5.91 Å². The van der Waals surface area contributed by atoms with Crippen LogP contribution in [0, 0.1) is 0 Å². The molecule has 1 aliphatic rings. The van der Waals surface area contributed by atoms with Gasteiger partial charge in [0.25, 0.3) is 11.8 Å². The Morgan fingerprint density at radius 2 is 2.00 bits per heavy atom. The Labute approximate surface area is 169 Å². The molecule has 154 valence electrons. The van der Waals surface area contributed by atoms with E-state index in [1.807, 2.05) is 36.4 Å². The van der Waals surface area contributed by atoms with Gasteiger partial charge in [-0.3, -0.25) is 14.8 Å². The van der Waals surface area contributed by atoms with Crippen LogP contribution in [-0.2, 0) is 16.0 Å². The van der Waals surface area contributed by atoms with Gasteiger partial charge in [0.05, 0.1) is 18.8 Å². The highest BCUT2D eigenvalue weighted by atomic mass is 16.5. The molecule has 0 aromatic heterocycles. The van der Waals surface area contributed by atoms with Crippen molar-refractivity contribution in [3.63, 3.8) is 0 Å². The maximum atomic E-state index is 12.5. The molecule has 0 spiro atoms. The van der Waals surface area contributed by atoms with Crippen LogP contribution in [0.5, 0.6) is 5.75 Å². The zero-order valence-corrected chi connectivity index (χ0v) is 16.3. The molecule has 8 nitrogen and oxygen atoms in total. The van der Waals surface area contributed by atoms with Crippen molar-refractivity contribution >= 4 is 17.5 Å². The lowest BCUT2D eigenvalue weighted by molar-refractivity contribution is -0.141. The number of fused-ring (bicyclic) bond motifs is 1. The molecule has 1 unspecified atom stereocenters. The Morgan fingerprint density at radius 3 is 2.72 bits per heavy atom. The third kappa shape index (κ3) is 5.24. The van der Waals surface area contributed by atoms with Gasteiger partial charge in [0.15, 0.2) is 0 Å². The topological polar surface area (TPSA) is 100 Å². The summed E-state index contributed by atoms with van der Waals surface area (Å²) in [6, 6.07) is 14.7. The average molecular weight is 399 g/mol. The number of hydroxylamine groups is 1. The number of nitrogens with zero attached hydrogens (tertiary/aromatic N) is 1. The van der Waals surface area contributed by atoms with E-state index in [2.05, 4.69) is 5.32 Å². The summed E-state index contributed by atoms with van der Waals surface area (Å²) >= 11 is 0. The standard InChI is InChI=1S/C21H25N3O5/c1-2-28-19(20(25)23-27)13-15-7-9-16(10-8-15)29-12-11-24-14-22-18-6-4-3-5-17(18)21(24)26/h3-10,19,22,27H,2,11-14H2,1H3,(H,23,25). The summed E-state index contributed by atoms with van der Waals surface area (Å²) < 4.78 is 11.1. The van der Waals surface area contributed by atoms with Crippen LogP contribution in [0.1, 0.15) is 22.8 Å².